The average Bonchev–Trinajstić information content (AvgIpc) is 2.60. The van der Waals surface area contributed by atoms with Crippen molar-refractivity contribution in [1.82, 2.24) is 14.8 Å². The molecular formula is C18H21N3O3. The number of aromatic nitrogens is 1. The molecule has 0 radical (unpaired) electrons. The highest BCUT2D eigenvalue weighted by molar-refractivity contribution is 6.06. The van der Waals surface area contributed by atoms with Crippen molar-refractivity contribution in [2.75, 3.05) is 32.8 Å². The molecule has 24 heavy (non-hydrogen) atoms. The van der Waals surface area contributed by atoms with E-state index in [9.17, 15) is 9.59 Å². The van der Waals surface area contributed by atoms with Crippen LogP contribution in [-0.4, -0.2) is 59.6 Å². The number of piperazine rings is 1. The van der Waals surface area contributed by atoms with E-state index in [2.05, 4.69) is 4.98 Å². The Morgan fingerprint density at radius 2 is 1.79 bits per heavy atom. The second-order valence-corrected chi connectivity index (χ2v) is 5.81. The molecule has 6 nitrogen and oxygen atoms in total. The quantitative estimate of drug-likeness (QED) is 0.850. The number of amides is 2. The van der Waals surface area contributed by atoms with Gasteiger partial charge in [0.2, 0.25) is 0 Å². The van der Waals surface area contributed by atoms with Crippen molar-refractivity contribution in [3.8, 4) is 0 Å². The number of hydrogen-bond donors (Lipinski definition) is 0. The standard InChI is InChI=1S/C18H21N3O3/c1-3-24-18(23)21-10-8-20(9-11-21)17(22)15-12-13(2)19-16-7-5-4-6-14(15)16/h4-7,12H,3,8-11H2,1-2H3. The van der Waals surface area contributed by atoms with Gasteiger partial charge in [0.25, 0.3) is 5.91 Å². The first-order valence-electron chi connectivity index (χ1n) is 8.17. The predicted octanol–water partition coefficient (Wildman–Crippen LogP) is 2.46. The first-order valence-corrected chi connectivity index (χ1v) is 8.17. The zero-order valence-electron chi connectivity index (χ0n) is 14.0. The lowest BCUT2D eigenvalue weighted by atomic mass is 10.1. The molecule has 0 unspecified atom stereocenters. The maximum Gasteiger partial charge on any atom is 0.409 e. The van der Waals surface area contributed by atoms with E-state index in [1.807, 2.05) is 37.3 Å². The second kappa shape index (κ2) is 6.86. The summed E-state index contributed by atoms with van der Waals surface area (Å²) in [4.78, 5) is 32.6. The first-order chi connectivity index (χ1) is 11.6. The van der Waals surface area contributed by atoms with Crippen LogP contribution < -0.4 is 0 Å². The normalized spacial score (nSPS) is 14.8. The van der Waals surface area contributed by atoms with Crippen molar-refractivity contribution in [3.05, 3.63) is 41.6 Å². The highest BCUT2D eigenvalue weighted by Crippen LogP contribution is 2.20. The number of pyridine rings is 1. The summed E-state index contributed by atoms with van der Waals surface area (Å²) < 4.78 is 5.01. The fraction of sp³-hybridized carbons (Fsp3) is 0.389. The van der Waals surface area contributed by atoms with Gasteiger partial charge in [0.15, 0.2) is 0 Å². The van der Waals surface area contributed by atoms with E-state index in [-0.39, 0.29) is 12.0 Å². The van der Waals surface area contributed by atoms with E-state index in [1.165, 1.54) is 0 Å². The SMILES string of the molecule is CCOC(=O)N1CCN(C(=O)c2cc(C)nc3ccccc23)CC1. The van der Waals surface area contributed by atoms with Crippen LogP contribution >= 0.6 is 0 Å². The van der Waals surface area contributed by atoms with Crippen molar-refractivity contribution in [2.24, 2.45) is 0 Å². The molecular weight excluding hydrogens is 306 g/mol. The zero-order valence-corrected chi connectivity index (χ0v) is 14.0. The van der Waals surface area contributed by atoms with Crippen LogP contribution in [0.15, 0.2) is 30.3 Å². The molecule has 6 heteroatoms. The minimum Gasteiger partial charge on any atom is -0.450 e. The minimum absolute atomic E-state index is 0.0137. The van der Waals surface area contributed by atoms with Gasteiger partial charge < -0.3 is 14.5 Å². The molecule has 2 aromatic rings. The molecule has 0 bridgehead atoms. The summed E-state index contributed by atoms with van der Waals surface area (Å²) in [6, 6.07) is 9.50. The van der Waals surface area contributed by atoms with Crippen LogP contribution in [-0.2, 0) is 4.74 Å². The molecule has 0 N–H and O–H groups in total. The third-order valence-corrected chi connectivity index (χ3v) is 4.17. The predicted molar refractivity (Wildman–Crippen MR) is 91.0 cm³/mol. The molecule has 0 spiro atoms. The highest BCUT2D eigenvalue weighted by atomic mass is 16.6. The number of fused-ring (bicyclic) bond motifs is 1. The van der Waals surface area contributed by atoms with E-state index in [0.29, 0.717) is 38.3 Å². The Labute approximate surface area is 141 Å². The Balaban J connectivity index is 1.78. The van der Waals surface area contributed by atoms with Crippen LogP contribution in [0.4, 0.5) is 4.79 Å². The summed E-state index contributed by atoms with van der Waals surface area (Å²) in [6.45, 7) is 6.04. The number of rotatable bonds is 2. The lowest BCUT2D eigenvalue weighted by molar-refractivity contribution is 0.0572. The molecule has 0 saturated carbocycles. The molecule has 0 atom stereocenters. The zero-order chi connectivity index (χ0) is 17.1. The van der Waals surface area contributed by atoms with Gasteiger partial charge in [-0.15, -0.1) is 0 Å². The van der Waals surface area contributed by atoms with E-state index in [4.69, 9.17) is 4.74 Å². The van der Waals surface area contributed by atoms with E-state index < -0.39 is 0 Å². The van der Waals surface area contributed by atoms with Gasteiger partial charge in [-0.1, -0.05) is 18.2 Å². The largest absolute Gasteiger partial charge is 0.450 e. The number of aryl methyl sites for hydroxylation is 1. The first kappa shape index (κ1) is 16.2. The number of carbonyl (C=O) groups excluding carboxylic acids is 2. The molecule has 1 saturated heterocycles. The molecule has 2 heterocycles. The molecule has 1 aromatic carbocycles. The second-order valence-electron chi connectivity index (χ2n) is 5.81. The van der Waals surface area contributed by atoms with Crippen molar-refractivity contribution in [3.63, 3.8) is 0 Å². The molecule has 1 fully saturated rings. The van der Waals surface area contributed by atoms with Gasteiger partial charge in [0.05, 0.1) is 17.7 Å². The smallest absolute Gasteiger partial charge is 0.409 e. The van der Waals surface area contributed by atoms with Crippen molar-refractivity contribution >= 4 is 22.9 Å². The topological polar surface area (TPSA) is 62.7 Å². The molecule has 126 valence electrons. The van der Waals surface area contributed by atoms with Gasteiger partial charge in [-0.05, 0) is 26.0 Å². The Morgan fingerprint density at radius 3 is 2.50 bits per heavy atom. The number of para-hydroxylation sites is 1. The van der Waals surface area contributed by atoms with E-state index in [1.54, 1.807) is 16.7 Å². The summed E-state index contributed by atoms with van der Waals surface area (Å²) in [5.74, 6) is -0.0137. The average molecular weight is 327 g/mol. The van der Waals surface area contributed by atoms with Crippen molar-refractivity contribution in [2.45, 2.75) is 13.8 Å². The van der Waals surface area contributed by atoms with Gasteiger partial charge in [0.1, 0.15) is 0 Å². The third-order valence-electron chi connectivity index (χ3n) is 4.17. The van der Waals surface area contributed by atoms with Gasteiger partial charge in [-0.3, -0.25) is 9.78 Å². The maximum atomic E-state index is 12.9. The summed E-state index contributed by atoms with van der Waals surface area (Å²) in [6.07, 6.45) is -0.310. The van der Waals surface area contributed by atoms with Crippen molar-refractivity contribution < 1.29 is 14.3 Å². The third kappa shape index (κ3) is 3.18. The van der Waals surface area contributed by atoms with Gasteiger partial charge >= 0.3 is 6.09 Å². The molecule has 1 aromatic heterocycles. The summed E-state index contributed by atoms with van der Waals surface area (Å²) in [7, 11) is 0. The lowest BCUT2D eigenvalue weighted by Crippen LogP contribution is -2.50. The van der Waals surface area contributed by atoms with Crippen LogP contribution in [0.5, 0.6) is 0 Å². The fourth-order valence-corrected chi connectivity index (χ4v) is 2.96. The summed E-state index contributed by atoms with van der Waals surface area (Å²) >= 11 is 0. The minimum atomic E-state index is -0.310. The fourth-order valence-electron chi connectivity index (χ4n) is 2.96. The van der Waals surface area contributed by atoms with Crippen LogP contribution in [0.1, 0.15) is 23.0 Å². The number of ether oxygens (including phenoxy) is 1. The Kier molecular flexibility index (Phi) is 4.64. The van der Waals surface area contributed by atoms with Gasteiger partial charge in [-0.25, -0.2) is 4.79 Å². The van der Waals surface area contributed by atoms with Gasteiger partial charge in [0, 0.05) is 37.3 Å². The van der Waals surface area contributed by atoms with Crippen LogP contribution in [0.3, 0.4) is 0 Å². The van der Waals surface area contributed by atoms with E-state index in [0.717, 1.165) is 16.6 Å². The van der Waals surface area contributed by atoms with E-state index >= 15 is 0 Å². The lowest BCUT2D eigenvalue weighted by Gasteiger charge is -2.34. The molecule has 1 aliphatic rings. The molecule has 1 aliphatic heterocycles. The summed E-state index contributed by atoms with van der Waals surface area (Å²) in [5, 5.41) is 0.862. The number of hydrogen-bond acceptors (Lipinski definition) is 4. The number of benzene rings is 1. The van der Waals surface area contributed by atoms with Gasteiger partial charge in [-0.2, -0.15) is 0 Å². The van der Waals surface area contributed by atoms with Crippen LogP contribution in [0, 0.1) is 6.92 Å². The Morgan fingerprint density at radius 1 is 1.12 bits per heavy atom. The number of carbonyl (C=O) groups is 2. The summed E-state index contributed by atoms with van der Waals surface area (Å²) in [5.41, 5.74) is 2.32. The Bertz CT molecular complexity index is 767. The molecule has 0 aliphatic carbocycles. The van der Waals surface area contributed by atoms with Crippen LogP contribution in [0.2, 0.25) is 0 Å². The Hall–Kier alpha value is -2.63. The highest BCUT2D eigenvalue weighted by Gasteiger charge is 2.26. The number of nitrogens with zero attached hydrogens (tertiary/aromatic N) is 3. The monoisotopic (exact) mass is 327 g/mol. The van der Waals surface area contributed by atoms with Crippen molar-refractivity contribution in [1.29, 1.82) is 0 Å². The molecule has 3 rings (SSSR count). The maximum absolute atomic E-state index is 12.9. The van der Waals surface area contributed by atoms with Crippen LogP contribution in [0.25, 0.3) is 10.9 Å². The molecule has 2 amide bonds.